The van der Waals surface area contributed by atoms with Crippen LogP contribution in [0.3, 0.4) is 0 Å². The number of aliphatic hydroxyl groups is 1. The molecule has 1 aliphatic heterocycles. The number of rotatable bonds is 4. The molecule has 0 amide bonds. The van der Waals surface area contributed by atoms with Crippen molar-refractivity contribution in [3.05, 3.63) is 35.9 Å². The Morgan fingerprint density at radius 2 is 2.24 bits per heavy atom. The van der Waals surface area contributed by atoms with Gasteiger partial charge in [0.05, 0.1) is 11.0 Å². The van der Waals surface area contributed by atoms with Gasteiger partial charge < -0.3 is 14.9 Å². The smallest absolute Gasteiger partial charge is 0.174 e. The number of carbonyl (C=O) groups is 1. The zero-order chi connectivity index (χ0) is 18.0. The number of hydrogen-bond acceptors (Lipinski definition) is 5. The van der Waals surface area contributed by atoms with Gasteiger partial charge in [0.25, 0.3) is 0 Å². The minimum absolute atomic E-state index is 0.00106. The SMILES string of the molecule is C=CCN(CC)C1Cc2ccc(O)c3c2[C@@]2(C)[C@@H](O3)C(=O)CC[C@@]12O. The Morgan fingerprint density at radius 1 is 1.48 bits per heavy atom. The summed E-state index contributed by atoms with van der Waals surface area (Å²) in [6, 6.07) is 3.41. The molecule has 1 unspecified atom stereocenters. The first-order valence-corrected chi connectivity index (χ1v) is 9.00. The molecular weight excluding hydrogens is 318 g/mol. The van der Waals surface area contributed by atoms with Gasteiger partial charge in [-0.15, -0.1) is 6.58 Å². The first-order chi connectivity index (χ1) is 11.9. The molecule has 5 nitrogen and oxygen atoms in total. The van der Waals surface area contributed by atoms with Crippen molar-refractivity contribution < 1.29 is 19.7 Å². The van der Waals surface area contributed by atoms with Crippen molar-refractivity contribution in [1.29, 1.82) is 0 Å². The first-order valence-electron chi connectivity index (χ1n) is 9.00. The summed E-state index contributed by atoms with van der Waals surface area (Å²) >= 11 is 0. The molecule has 3 aliphatic rings. The number of benzene rings is 1. The van der Waals surface area contributed by atoms with Crippen molar-refractivity contribution in [2.24, 2.45) is 0 Å². The Hall–Kier alpha value is -1.85. The van der Waals surface area contributed by atoms with Gasteiger partial charge in [-0.25, -0.2) is 0 Å². The van der Waals surface area contributed by atoms with Gasteiger partial charge in [-0.3, -0.25) is 9.69 Å². The van der Waals surface area contributed by atoms with Gasteiger partial charge in [-0.1, -0.05) is 19.1 Å². The lowest BCUT2D eigenvalue weighted by Gasteiger charge is -2.57. The highest BCUT2D eigenvalue weighted by molar-refractivity contribution is 5.89. The summed E-state index contributed by atoms with van der Waals surface area (Å²) in [5.74, 6) is 0.423. The van der Waals surface area contributed by atoms with Crippen LogP contribution in [0.4, 0.5) is 0 Å². The number of ketones is 1. The van der Waals surface area contributed by atoms with Crippen LogP contribution in [0, 0.1) is 0 Å². The Kier molecular flexibility index (Phi) is 3.54. The molecular formula is C20H25NO4. The average Bonchev–Trinajstić information content (AvgIpc) is 2.93. The number of Topliss-reactive ketones (excluding diaryl/α,β-unsaturated/α-hetero) is 1. The molecule has 1 saturated carbocycles. The normalized spacial score (nSPS) is 35.4. The van der Waals surface area contributed by atoms with E-state index in [-0.39, 0.29) is 17.6 Å². The number of likely N-dealkylation sites (N-methyl/N-ethyl adjacent to an activating group) is 1. The van der Waals surface area contributed by atoms with Gasteiger partial charge in [0, 0.05) is 24.6 Å². The molecule has 0 aromatic heterocycles. The maximum atomic E-state index is 12.6. The summed E-state index contributed by atoms with van der Waals surface area (Å²) in [6.45, 7) is 9.31. The number of carbonyl (C=O) groups excluding carboxylic acids is 1. The zero-order valence-electron chi connectivity index (χ0n) is 14.8. The highest BCUT2D eigenvalue weighted by Gasteiger charge is 2.69. The van der Waals surface area contributed by atoms with Crippen LogP contribution in [-0.4, -0.2) is 51.7 Å². The van der Waals surface area contributed by atoms with Crippen molar-refractivity contribution in [1.82, 2.24) is 4.90 Å². The van der Waals surface area contributed by atoms with E-state index in [1.807, 2.05) is 19.1 Å². The largest absolute Gasteiger partial charge is 0.504 e. The van der Waals surface area contributed by atoms with Crippen molar-refractivity contribution in [2.75, 3.05) is 13.1 Å². The molecule has 0 spiro atoms. The van der Waals surface area contributed by atoms with E-state index in [1.54, 1.807) is 6.07 Å². The summed E-state index contributed by atoms with van der Waals surface area (Å²) in [5, 5.41) is 22.2. The quantitative estimate of drug-likeness (QED) is 0.818. The van der Waals surface area contributed by atoms with E-state index in [4.69, 9.17) is 4.74 Å². The van der Waals surface area contributed by atoms with E-state index >= 15 is 0 Å². The topological polar surface area (TPSA) is 70.0 Å². The molecule has 1 aromatic rings. The Bertz CT molecular complexity index is 760. The lowest BCUT2D eigenvalue weighted by atomic mass is 9.52. The van der Waals surface area contributed by atoms with Gasteiger partial charge in [0.15, 0.2) is 23.4 Å². The number of ether oxygens (including phenoxy) is 1. The molecule has 2 aliphatic carbocycles. The third-order valence-electron chi connectivity index (χ3n) is 6.62. The standard InChI is InChI=1S/C20H25NO4/c1-4-10-21(5-2)15-11-12-6-7-13(22)17-16(12)19(3)18(25-17)14(23)8-9-20(15,19)24/h4,6-7,15,18,22,24H,1,5,8-11H2,2-3H3/t15?,18-,19-,20+/m0/s1. The van der Waals surface area contributed by atoms with Crippen molar-refractivity contribution >= 4 is 5.78 Å². The van der Waals surface area contributed by atoms with Gasteiger partial charge in [0.2, 0.25) is 0 Å². The number of hydrogen-bond donors (Lipinski definition) is 2. The summed E-state index contributed by atoms with van der Waals surface area (Å²) in [7, 11) is 0. The van der Waals surface area contributed by atoms with E-state index in [1.165, 1.54) is 0 Å². The van der Waals surface area contributed by atoms with E-state index in [9.17, 15) is 15.0 Å². The number of nitrogens with zero attached hydrogens (tertiary/aromatic N) is 1. The van der Waals surface area contributed by atoms with Crippen LogP contribution in [-0.2, 0) is 16.6 Å². The summed E-state index contributed by atoms with van der Waals surface area (Å²) in [5.41, 5.74) is -0.0662. The summed E-state index contributed by atoms with van der Waals surface area (Å²) in [4.78, 5) is 14.8. The number of phenols is 1. The van der Waals surface area contributed by atoms with E-state index < -0.39 is 17.1 Å². The molecule has 5 heteroatoms. The molecule has 25 heavy (non-hydrogen) atoms. The molecule has 1 aromatic carbocycles. The summed E-state index contributed by atoms with van der Waals surface area (Å²) in [6.07, 6.45) is 2.49. The fourth-order valence-corrected chi connectivity index (χ4v) is 5.34. The number of aromatic hydroxyl groups is 1. The molecule has 4 atom stereocenters. The van der Waals surface area contributed by atoms with Crippen LogP contribution in [0.25, 0.3) is 0 Å². The summed E-state index contributed by atoms with van der Waals surface area (Å²) < 4.78 is 5.94. The zero-order valence-corrected chi connectivity index (χ0v) is 14.8. The van der Waals surface area contributed by atoms with E-state index in [0.717, 1.165) is 17.7 Å². The second-order valence-corrected chi connectivity index (χ2v) is 7.63. The maximum Gasteiger partial charge on any atom is 0.174 e. The maximum absolute atomic E-state index is 12.6. The van der Waals surface area contributed by atoms with Gasteiger partial charge >= 0.3 is 0 Å². The van der Waals surface area contributed by atoms with Crippen molar-refractivity contribution in [2.45, 2.75) is 56.3 Å². The van der Waals surface area contributed by atoms with Gasteiger partial charge in [-0.2, -0.15) is 0 Å². The monoisotopic (exact) mass is 343 g/mol. The third kappa shape index (κ3) is 1.88. The van der Waals surface area contributed by atoms with Crippen LogP contribution in [0.15, 0.2) is 24.8 Å². The van der Waals surface area contributed by atoms with Gasteiger partial charge in [-0.05, 0) is 37.9 Å². The second kappa shape index (κ2) is 5.32. The molecule has 134 valence electrons. The average molecular weight is 343 g/mol. The molecule has 0 radical (unpaired) electrons. The lowest BCUT2D eigenvalue weighted by molar-refractivity contribution is -0.165. The number of phenolic OH excluding ortho intramolecular Hbond substituents is 1. The highest BCUT2D eigenvalue weighted by atomic mass is 16.5. The predicted molar refractivity (Wildman–Crippen MR) is 94.0 cm³/mol. The van der Waals surface area contributed by atoms with E-state index in [0.29, 0.717) is 31.6 Å². The molecule has 0 bridgehead atoms. The third-order valence-corrected chi connectivity index (χ3v) is 6.62. The molecule has 1 heterocycles. The fourth-order valence-electron chi connectivity index (χ4n) is 5.34. The Morgan fingerprint density at radius 3 is 2.92 bits per heavy atom. The molecule has 0 saturated heterocycles. The molecule has 1 fully saturated rings. The second-order valence-electron chi connectivity index (χ2n) is 7.63. The predicted octanol–water partition coefficient (Wildman–Crippen LogP) is 1.94. The Labute approximate surface area is 147 Å². The minimum atomic E-state index is -1.09. The molecule has 4 rings (SSSR count). The van der Waals surface area contributed by atoms with Crippen LogP contribution in [0.5, 0.6) is 11.5 Å². The minimum Gasteiger partial charge on any atom is -0.504 e. The van der Waals surface area contributed by atoms with Crippen molar-refractivity contribution in [3.63, 3.8) is 0 Å². The molecule has 2 N–H and O–H groups in total. The van der Waals surface area contributed by atoms with Crippen LogP contribution in [0.1, 0.15) is 37.8 Å². The van der Waals surface area contributed by atoms with Crippen LogP contribution >= 0.6 is 0 Å². The van der Waals surface area contributed by atoms with Crippen LogP contribution in [0.2, 0.25) is 0 Å². The van der Waals surface area contributed by atoms with E-state index in [2.05, 4.69) is 18.4 Å². The highest BCUT2D eigenvalue weighted by Crippen LogP contribution is 2.61. The first kappa shape index (κ1) is 16.6. The fraction of sp³-hybridized carbons (Fsp3) is 0.550. The lowest BCUT2D eigenvalue weighted by Crippen LogP contribution is -2.72. The van der Waals surface area contributed by atoms with Crippen LogP contribution < -0.4 is 4.74 Å². The Balaban J connectivity index is 1.95. The van der Waals surface area contributed by atoms with Gasteiger partial charge in [0.1, 0.15) is 0 Å². The van der Waals surface area contributed by atoms with Crippen molar-refractivity contribution in [3.8, 4) is 11.5 Å².